The molecule has 2 N–H and O–H groups in total. The zero-order valence-electron chi connectivity index (χ0n) is 11.0. The molecular weight excluding hydrogens is 414 g/mol. The summed E-state index contributed by atoms with van der Waals surface area (Å²) < 4.78 is 1.66. The molecule has 110 valence electrons. The van der Waals surface area contributed by atoms with E-state index in [1.807, 2.05) is 18.2 Å². The second kappa shape index (κ2) is 6.02. The van der Waals surface area contributed by atoms with Crippen molar-refractivity contribution < 1.29 is 9.90 Å². The number of H-pyrrole nitrogens is 1. The summed E-state index contributed by atoms with van der Waals surface area (Å²) in [6.45, 7) is 0. The number of fused-ring (bicyclic) bond motifs is 1. The Balaban J connectivity index is 1.96. The lowest BCUT2D eigenvalue weighted by Crippen LogP contribution is -1.92. The molecular formula is C15H9Br2N3O2. The van der Waals surface area contributed by atoms with Gasteiger partial charge in [-0.2, -0.15) is 0 Å². The number of halogens is 2. The monoisotopic (exact) mass is 421 g/mol. The molecule has 0 unspecified atom stereocenters. The minimum absolute atomic E-state index is 0.126. The number of aromatic nitrogens is 1. The Bertz CT molecular complexity index is 903. The average Bonchev–Trinajstić information content (AvgIpc) is 2.79. The Morgan fingerprint density at radius 1 is 1.09 bits per heavy atom. The average molecular weight is 423 g/mol. The van der Waals surface area contributed by atoms with Gasteiger partial charge in [-0.1, -0.05) is 37.9 Å². The van der Waals surface area contributed by atoms with E-state index in [-0.39, 0.29) is 11.6 Å². The van der Waals surface area contributed by atoms with Gasteiger partial charge in [-0.15, -0.1) is 10.2 Å². The number of azo groups is 1. The highest BCUT2D eigenvalue weighted by Gasteiger charge is 2.12. The van der Waals surface area contributed by atoms with Gasteiger partial charge in [-0.3, -0.25) is 4.79 Å². The summed E-state index contributed by atoms with van der Waals surface area (Å²) in [7, 11) is 0. The largest absolute Gasteiger partial charge is 0.493 e. The van der Waals surface area contributed by atoms with Crippen molar-refractivity contribution in [3.8, 4) is 5.88 Å². The standard InChI is InChI=1S/C15H9Br2N3O2/c16-9-3-1-2-8(6-9)14(21)20-19-13-11-5-4-10(17)7-12(11)18-15(13)22/h1-7,18,22H. The number of nitrogens with zero attached hydrogens (tertiary/aromatic N) is 2. The first-order valence-electron chi connectivity index (χ1n) is 6.26. The van der Waals surface area contributed by atoms with Crippen LogP contribution in [0.15, 0.2) is 61.6 Å². The second-order valence-electron chi connectivity index (χ2n) is 4.53. The van der Waals surface area contributed by atoms with Crippen LogP contribution in [0.2, 0.25) is 0 Å². The summed E-state index contributed by atoms with van der Waals surface area (Å²) in [6, 6.07) is 12.3. The van der Waals surface area contributed by atoms with E-state index in [1.165, 1.54) is 0 Å². The summed E-state index contributed by atoms with van der Waals surface area (Å²) in [5.74, 6) is -0.606. The first kappa shape index (κ1) is 14.9. The van der Waals surface area contributed by atoms with Crippen molar-refractivity contribution in [2.75, 3.05) is 0 Å². The van der Waals surface area contributed by atoms with Crippen LogP contribution < -0.4 is 0 Å². The molecule has 0 saturated carbocycles. The van der Waals surface area contributed by atoms with Gasteiger partial charge in [0.1, 0.15) is 0 Å². The maximum absolute atomic E-state index is 12.0. The molecule has 3 aromatic rings. The van der Waals surface area contributed by atoms with E-state index in [4.69, 9.17) is 0 Å². The molecule has 1 heterocycles. The van der Waals surface area contributed by atoms with Gasteiger partial charge < -0.3 is 10.1 Å². The fourth-order valence-corrected chi connectivity index (χ4v) is 2.78. The summed E-state index contributed by atoms with van der Waals surface area (Å²) in [5, 5.41) is 18.2. The molecule has 0 bridgehead atoms. The molecule has 5 nitrogen and oxygen atoms in total. The number of hydrogen-bond donors (Lipinski definition) is 2. The molecule has 0 atom stereocenters. The zero-order chi connectivity index (χ0) is 15.7. The van der Waals surface area contributed by atoms with Crippen molar-refractivity contribution in [1.29, 1.82) is 0 Å². The highest BCUT2D eigenvalue weighted by atomic mass is 79.9. The van der Waals surface area contributed by atoms with Crippen molar-refractivity contribution in [3.63, 3.8) is 0 Å². The third-order valence-corrected chi connectivity index (χ3v) is 4.01. The van der Waals surface area contributed by atoms with Crippen LogP contribution in [0, 0.1) is 0 Å². The summed E-state index contributed by atoms with van der Waals surface area (Å²) in [6.07, 6.45) is 0. The molecule has 3 rings (SSSR count). The van der Waals surface area contributed by atoms with Gasteiger partial charge in [0.25, 0.3) is 5.91 Å². The summed E-state index contributed by atoms with van der Waals surface area (Å²) in [4.78, 5) is 14.8. The van der Waals surface area contributed by atoms with Gasteiger partial charge >= 0.3 is 0 Å². The molecule has 0 radical (unpaired) electrons. The topological polar surface area (TPSA) is 77.8 Å². The lowest BCUT2D eigenvalue weighted by Gasteiger charge is -1.95. The minimum Gasteiger partial charge on any atom is -0.493 e. The molecule has 0 aliphatic rings. The SMILES string of the molecule is O=C(N=Nc1c(O)[nH]c2cc(Br)ccc12)c1cccc(Br)c1. The predicted octanol–water partition coefficient (Wildman–Crippen LogP) is 5.32. The molecule has 1 amide bonds. The van der Waals surface area contributed by atoms with E-state index in [0.717, 1.165) is 8.95 Å². The van der Waals surface area contributed by atoms with E-state index in [9.17, 15) is 9.90 Å². The lowest BCUT2D eigenvalue weighted by molar-refractivity contribution is 0.0995. The zero-order valence-corrected chi connectivity index (χ0v) is 14.2. The van der Waals surface area contributed by atoms with Crippen LogP contribution in [0.1, 0.15) is 10.4 Å². The molecule has 0 saturated heterocycles. The number of benzene rings is 2. The predicted molar refractivity (Wildman–Crippen MR) is 90.7 cm³/mol. The Hall–Kier alpha value is -1.99. The Morgan fingerprint density at radius 2 is 1.86 bits per heavy atom. The van der Waals surface area contributed by atoms with Crippen molar-refractivity contribution >= 4 is 54.4 Å². The van der Waals surface area contributed by atoms with E-state index < -0.39 is 5.91 Å². The van der Waals surface area contributed by atoms with Crippen LogP contribution in [0.4, 0.5) is 5.69 Å². The number of aromatic amines is 1. The lowest BCUT2D eigenvalue weighted by atomic mass is 10.2. The van der Waals surface area contributed by atoms with Crippen LogP contribution >= 0.6 is 31.9 Å². The summed E-state index contributed by atoms with van der Waals surface area (Å²) in [5.41, 5.74) is 1.36. The first-order chi connectivity index (χ1) is 10.5. The van der Waals surface area contributed by atoms with E-state index in [1.54, 1.807) is 24.3 Å². The quantitative estimate of drug-likeness (QED) is 0.548. The number of amides is 1. The number of rotatable bonds is 2. The second-order valence-corrected chi connectivity index (χ2v) is 6.36. The highest BCUT2D eigenvalue weighted by Crippen LogP contribution is 2.36. The first-order valence-corrected chi connectivity index (χ1v) is 7.85. The van der Waals surface area contributed by atoms with Gasteiger partial charge in [0, 0.05) is 19.9 Å². The molecule has 22 heavy (non-hydrogen) atoms. The Labute approximate surface area is 142 Å². The fourth-order valence-electron chi connectivity index (χ4n) is 2.02. The van der Waals surface area contributed by atoms with Gasteiger partial charge in [0.05, 0.1) is 5.52 Å². The molecule has 0 aliphatic heterocycles. The molecule has 0 aliphatic carbocycles. The van der Waals surface area contributed by atoms with Crippen molar-refractivity contribution in [2.24, 2.45) is 10.2 Å². The van der Waals surface area contributed by atoms with Crippen LogP contribution in [0.25, 0.3) is 10.9 Å². The number of carbonyl (C=O) groups is 1. The van der Waals surface area contributed by atoms with Crippen molar-refractivity contribution in [3.05, 3.63) is 57.0 Å². The van der Waals surface area contributed by atoms with Gasteiger partial charge in [-0.05, 0) is 36.4 Å². The number of carbonyl (C=O) groups excluding carboxylic acids is 1. The van der Waals surface area contributed by atoms with Crippen LogP contribution in [-0.2, 0) is 0 Å². The van der Waals surface area contributed by atoms with Crippen LogP contribution in [0.3, 0.4) is 0 Å². The molecule has 7 heteroatoms. The fraction of sp³-hybridized carbons (Fsp3) is 0. The highest BCUT2D eigenvalue weighted by molar-refractivity contribution is 9.10. The number of nitrogens with one attached hydrogen (secondary N) is 1. The normalized spacial score (nSPS) is 11.4. The Morgan fingerprint density at radius 3 is 2.64 bits per heavy atom. The minimum atomic E-state index is -0.479. The van der Waals surface area contributed by atoms with E-state index in [0.29, 0.717) is 16.5 Å². The number of hydrogen-bond acceptors (Lipinski definition) is 3. The number of aromatic hydroxyl groups is 1. The van der Waals surface area contributed by atoms with Gasteiger partial charge in [-0.25, -0.2) is 0 Å². The smallest absolute Gasteiger partial charge is 0.295 e. The third-order valence-electron chi connectivity index (χ3n) is 3.03. The molecule has 0 fully saturated rings. The Kier molecular flexibility index (Phi) is 4.08. The molecule has 1 aromatic heterocycles. The van der Waals surface area contributed by atoms with Crippen molar-refractivity contribution in [1.82, 2.24) is 4.98 Å². The summed E-state index contributed by atoms with van der Waals surface area (Å²) >= 11 is 6.65. The van der Waals surface area contributed by atoms with Crippen LogP contribution in [0.5, 0.6) is 5.88 Å². The van der Waals surface area contributed by atoms with E-state index in [2.05, 4.69) is 47.1 Å². The van der Waals surface area contributed by atoms with Gasteiger partial charge in [0.2, 0.25) is 5.88 Å². The molecule has 2 aromatic carbocycles. The van der Waals surface area contributed by atoms with Crippen LogP contribution in [-0.4, -0.2) is 16.0 Å². The van der Waals surface area contributed by atoms with E-state index >= 15 is 0 Å². The van der Waals surface area contributed by atoms with Crippen molar-refractivity contribution in [2.45, 2.75) is 0 Å². The maximum Gasteiger partial charge on any atom is 0.295 e. The molecule has 0 spiro atoms. The van der Waals surface area contributed by atoms with Gasteiger partial charge in [0.15, 0.2) is 5.69 Å². The third kappa shape index (κ3) is 2.95. The maximum atomic E-state index is 12.0.